The highest BCUT2D eigenvalue weighted by Gasteiger charge is 2.14. The largest absolute Gasteiger partial charge is 0.379 e. The number of benzene rings is 1. The number of hydrogen-bond donors (Lipinski definition) is 1. The van der Waals surface area contributed by atoms with Crippen LogP contribution in [-0.4, -0.2) is 48.7 Å². The van der Waals surface area contributed by atoms with E-state index in [9.17, 15) is 4.79 Å². The molecule has 1 aliphatic heterocycles. The summed E-state index contributed by atoms with van der Waals surface area (Å²) >= 11 is 7.49. The van der Waals surface area contributed by atoms with Crippen LogP contribution in [0.5, 0.6) is 0 Å². The first-order valence-corrected chi connectivity index (χ1v) is 10.5. The molecule has 2 heterocycles. The summed E-state index contributed by atoms with van der Waals surface area (Å²) in [5, 5.41) is 3.03. The first kappa shape index (κ1) is 20.1. The van der Waals surface area contributed by atoms with Gasteiger partial charge >= 0.3 is 6.03 Å². The number of nitrogens with zero attached hydrogens (tertiary/aromatic N) is 2. The molecule has 2 aromatic rings. The molecule has 27 heavy (non-hydrogen) atoms. The molecule has 0 atom stereocenters. The molecular formula is C20H26ClN3O2S. The van der Waals surface area contributed by atoms with Crippen LogP contribution in [-0.2, 0) is 24.4 Å². The molecule has 1 fully saturated rings. The van der Waals surface area contributed by atoms with Crippen molar-refractivity contribution in [1.29, 1.82) is 0 Å². The second-order valence-electron chi connectivity index (χ2n) is 6.59. The average molecular weight is 408 g/mol. The van der Waals surface area contributed by atoms with Crippen molar-refractivity contribution in [3.63, 3.8) is 0 Å². The molecule has 0 bridgehead atoms. The van der Waals surface area contributed by atoms with Crippen LogP contribution in [0, 0.1) is 0 Å². The summed E-state index contributed by atoms with van der Waals surface area (Å²) in [5.74, 6) is 0. The molecule has 5 nitrogen and oxygen atoms in total. The fourth-order valence-corrected chi connectivity index (χ4v) is 4.20. The lowest BCUT2D eigenvalue weighted by Crippen LogP contribution is -2.38. The quantitative estimate of drug-likeness (QED) is 0.755. The van der Waals surface area contributed by atoms with Crippen LogP contribution in [0.15, 0.2) is 36.4 Å². The number of amides is 2. The highest BCUT2D eigenvalue weighted by Crippen LogP contribution is 2.22. The lowest BCUT2D eigenvalue weighted by atomic mass is 10.1. The van der Waals surface area contributed by atoms with Crippen molar-refractivity contribution >= 4 is 29.0 Å². The van der Waals surface area contributed by atoms with Crippen LogP contribution < -0.4 is 5.32 Å². The molecule has 1 aromatic carbocycles. The predicted molar refractivity (Wildman–Crippen MR) is 110 cm³/mol. The predicted octanol–water partition coefficient (Wildman–Crippen LogP) is 3.97. The highest BCUT2D eigenvalue weighted by atomic mass is 35.5. The third kappa shape index (κ3) is 6.21. The molecule has 146 valence electrons. The zero-order valence-electron chi connectivity index (χ0n) is 15.6. The summed E-state index contributed by atoms with van der Waals surface area (Å²) in [4.78, 5) is 17.8. The number of carbonyl (C=O) groups is 1. The van der Waals surface area contributed by atoms with Crippen molar-refractivity contribution in [2.24, 2.45) is 0 Å². The number of carbonyl (C=O) groups excluding carboxylic acids is 1. The Morgan fingerprint density at radius 3 is 2.74 bits per heavy atom. The minimum atomic E-state index is -0.0550. The molecule has 0 unspecified atom stereocenters. The van der Waals surface area contributed by atoms with Gasteiger partial charge in [-0.1, -0.05) is 35.9 Å². The Morgan fingerprint density at radius 2 is 2.04 bits per heavy atom. The zero-order chi connectivity index (χ0) is 19.1. The van der Waals surface area contributed by atoms with Gasteiger partial charge in [-0.05, 0) is 30.2 Å². The molecule has 1 aliphatic rings. The van der Waals surface area contributed by atoms with E-state index in [1.165, 1.54) is 16.9 Å². The molecule has 0 spiro atoms. The summed E-state index contributed by atoms with van der Waals surface area (Å²) in [7, 11) is 0. The molecule has 0 aliphatic carbocycles. The molecule has 2 amide bonds. The van der Waals surface area contributed by atoms with Crippen LogP contribution >= 0.6 is 22.9 Å². The van der Waals surface area contributed by atoms with Crippen LogP contribution in [0.2, 0.25) is 4.34 Å². The molecule has 1 N–H and O–H groups in total. The van der Waals surface area contributed by atoms with Crippen molar-refractivity contribution in [3.8, 4) is 0 Å². The van der Waals surface area contributed by atoms with Crippen molar-refractivity contribution < 1.29 is 9.53 Å². The monoisotopic (exact) mass is 407 g/mol. The number of rotatable bonds is 7. The standard InChI is InChI=1S/C20H26ClN3O2S/c1-2-24(15-18-6-7-19(21)27-18)20(25)22-13-16-4-3-5-17(12-16)14-23-8-10-26-11-9-23/h3-7,12H,2,8-11,13-15H2,1H3,(H,22,25). The first-order valence-electron chi connectivity index (χ1n) is 9.29. The molecular weight excluding hydrogens is 382 g/mol. The van der Waals surface area contributed by atoms with Gasteiger partial charge in [0.05, 0.1) is 24.1 Å². The normalized spacial score (nSPS) is 14.9. The Hall–Kier alpha value is -1.60. The van der Waals surface area contributed by atoms with Crippen molar-refractivity contribution in [2.75, 3.05) is 32.8 Å². The van der Waals surface area contributed by atoms with E-state index in [4.69, 9.17) is 16.3 Å². The van der Waals surface area contributed by atoms with Crippen LogP contribution in [0.1, 0.15) is 22.9 Å². The third-order valence-corrected chi connectivity index (χ3v) is 5.81. The second kappa shape index (κ2) is 10.1. The second-order valence-corrected chi connectivity index (χ2v) is 8.39. The van der Waals surface area contributed by atoms with Gasteiger partial charge in [-0.15, -0.1) is 11.3 Å². The Balaban J connectivity index is 1.52. The number of nitrogens with one attached hydrogen (secondary N) is 1. The Morgan fingerprint density at radius 1 is 1.26 bits per heavy atom. The fraction of sp³-hybridized carbons (Fsp3) is 0.450. The third-order valence-electron chi connectivity index (χ3n) is 4.59. The van der Waals surface area contributed by atoms with E-state index >= 15 is 0 Å². The maximum absolute atomic E-state index is 12.5. The van der Waals surface area contributed by atoms with Gasteiger partial charge in [0.2, 0.25) is 0 Å². The van der Waals surface area contributed by atoms with E-state index < -0.39 is 0 Å². The van der Waals surface area contributed by atoms with E-state index in [0.717, 1.165) is 47.6 Å². The van der Waals surface area contributed by atoms with Crippen LogP contribution in [0.25, 0.3) is 0 Å². The SMILES string of the molecule is CCN(Cc1ccc(Cl)s1)C(=O)NCc1cccc(CN2CCOCC2)c1. The van der Waals surface area contributed by atoms with E-state index in [2.05, 4.69) is 34.5 Å². The van der Waals surface area contributed by atoms with E-state index in [0.29, 0.717) is 19.6 Å². The molecule has 0 radical (unpaired) electrons. The number of thiophene rings is 1. The number of urea groups is 1. The summed E-state index contributed by atoms with van der Waals surface area (Å²) in [6, 6.07) is 12.2. The topological polar surface area (TPSA) is 44.8 Å². The summed E-state index contributed by atoms with van der Waals surface area (Å²) in [6.07, 6.45) is 0. The van der Waals surface area contributed by atoms with Gasteiger partial charge in [0, 0.05) is 37.6 Å². The summed E-state index contributed by atoms with van der Waals surface area (Å²) < 4.78 is 6.15. The Labute approximate surface area is 169 Å². The average Bonchev–Trinajstić information content (AvgIpc) is 3.10. The van der Waals surface area contributed by atoms with Gasteiger partial charge in [-0.3, -0.25) is 4.90 Å². The summed E-state index contributed by atoms with van der Waals surface area (Å²) in [5.41, 5.74) is 2.38. The zero-order valence-corrected chi connectivity index (χ0v) is 17.2. The van der Waals surface area contributed by atoms with E-state index in [1.54, 1.807) is 4.90 Å². The minimum Gasteiger partial charge on any atom is -0.379 e. The Kier molecular flexibility index (Phi) is 7.52. The molecule has 1 saturated heterocycles. The van der Waals surface area contributed by atoms with Gasteiger partial charge in [-0.2, -0.15) is 0 Å². The maximum Gasteiger partial charge on any atom is 0.317 e. The van der Waals surface area contributed by atoms with Gasteiger partial charge in [-0.25, -0.2) is 4.79 Å². The van der Waals surface area contributed by atoms with Crippen molar-refractivity contribution in [1.82, 2.24) is 15.1 Å². The summed E-state index contributed by atoms with van der Waals surface area (Å²) in [6.45, 7) is 8.21. The molecule has 1 aromatic heterocycles. The lowest BCUT2D eigenvalue weighted by molar-refractivity contribution is 0.0342. The fourth-order valence-electron chi connectivity index (χ4n) is 3.10. The number of hydrogen-bond acceptors (Lipinski definition) is 4. The van der Waals surface area contributed by atoms with Crippen molar-refractivity contribution in [3.05, 3.63) is 56.7 Å². The molecule has 7 heteroatoms. The Bertz CT molecular complexity index is 746. The molecule has 0 saturated carbocycles. The number of morpholine rings is 1. The smallest absolute Gasteiger partial charge is 0.317 e. The molecule has 3 rings (SSSR count). The number of ether oxygens (including phenoxy) is 1. The highest BCUT2D eigenvalue weighted by molar-refractivity contribution is 7.16. The van der Waals surface area contributed by atoms with E-state index in [-0.39, 0.29) is 6.03 Å². The maximum atomic E-state index is 12.5. The van der Waals surface area contributed by atoms with Gasteiger partial charge in [0.25, 0.3) is 0 Å². The number of halogens is 1. The van der Waals surface area contributed by atoms with Crippen LogP contribution in [0.4, 0.5) is 4.79 Å². The lowest BCUT2D eigenvalue weighted by Gasteiger charge is -2.26. The van der Waals surface area contributed by atoms with Gasteiger partial charge in [0.15, 0.2) is 0 Å². The van der Waals surface area contributed by atoms with Gasteiger partial charge < -0.3 is 15.0 Å². The first-order chi connectivity index (χ1) is 13.1. The van der Waals surface area contributed by atoms with Crippen LogP contribution in [0.3, 0.4) is 0 Å². The van der Waals surface area contributed by atoms with E-state index in [1.807, 2.05) is 19.1 Å². The van der Waals surface area contributed by atoms with Gasteiger partial charge in [0.1, 0.15) is 0 Å². The minimum absolute atomic E-state index is 0.0550. The van der Waals surface area contributed by atoms with Crippen molar-refractivity contribution in [2.45, 2.75) is 26.6 Å².